The van der Waals surface area contributed by atoms with Crippen LogP contribution in [0.25, 0.3) is 0 Å². The SMILES string of the molecule is CO[C@@H](CNC(=O)C1CCCC1)c1ccc(C)s1. The van der Waals surface area contributed by atoms with Crippen LogP contribution >= 0.6 is 11.3 Å². The average molecular weight is 267 g/mol. The molecule has 1 aromatic rings. The molecule has 0 aliphatic heterocycles. The minimum atomic E-state index is -0.0194. The summed E-state index contributed by atoms with van der Waals surface area (Å²) < 4.78 is 5.46. The summed E-state index contributed by atoms with van der Waals surface area (Å²) in [5.41, 5.74) is 0. The number of hydrogen-bond donors (Lipinski definition) is 1. The third-order valence-electron chi connectivity index (χ3n) is 3.55. The molecular weight excluding hydrogens is 246 g/mol. The molecule has 100 valence electrons. The number of carbonyl (C=O) groups excluding carboxylic acids is 1. The second-order valence-corrected chi connectivity index (χ2v) is 6.22. The third-order valence-corrected chi connectivity index (χ3v) is 4.64. The van der Waals surface area contributed by atoms with Gasteiger partial charge in [-0.05, 0) is 31.9 Å². The van der Waals surface area contributed by atoms with Crippen molar-refractivity contribution in [2.24, 2.45) is 5.92 Å². The largest absolute Gasteiger partial charge is 0.374 e. The minimum absolute atomic E-state index is 0.0194. The molecule has 1 fully saturated rings. The summed E-state index contributed by atoms with van der Waals surface area (Å²) in [6.45, 7) is 2.66. The van der Waals surface area contributed by atoms with Crippen molar-refractivity contribution in [2.45, 2.75) is 38.7 Å². The number of aryl methyl sites for hydroxylation is 1. The molecule has 3 nitrogen and oxygen atoms in total. The molecule has 1 amide bonds. The molecule has 0 unspecified atom stereocenters. The summed E-state index contributed by atoms with van der Waals surface area (Å²) in [5, 5.41) is 3.03. The topological polar surface area (TPSA) is 38.3 Å². The number of hydrogen-bond acceptors (Lipinski definition) is 3. The van der Waals surface area contributed by atoms with Crippen molar-refractivity contribution in [3.63, 3.8) is 0 Å². The molecule has 1 heterocycles. The van der Waals surface area contributed by atoms with E-state index in [0.29, 0.717) is 6.54 Å². The maximum absolute atomic E-state index is 11.9. The van der Waals surface area contributed by atoms with E-state index in [9.17, 15) is 4.79 Å². The van der Waals surface area contributed by atoms with E-state index < -0.39 is 0 Å². The Morgan fingerprint density at radius 3 is 2.78 bits per heavy atom. The lowest BCUT2D eigenvalue weighted by atomic mass is 10.1. The third kappa shape index (κ3) is 3.33. The van der Waals surface area contributed by atoms with Crippen molar-refractivity contribution in [1.29, 1.82) is 0 Å². The van der Waals surface area contributed by atoms with Gasteiger partial charge in [-0.1, -0.05) is 12.8 Å². The standard InChI is InChI=1S/C14H21NO2S/c1-10-7-8-13(18-10)12(17-2)9-15-14(16)11-5-3-4-6-11/h7-8,11-12H,3-6,9H2,1-2H3,(H,15,16)/t12-/m0/s1. The van der Waals surface area contributed by atoms with E-state index in [2.05, 4.69) is 24.4 Å². The first-order valence-electron chi connectivity index (χ1n) is 6.57. The van der Waals surface area contributed by atoms with Gasteiger partial charge in [-0.3, -0.25) is 4.79 Å². The highest BCUT2D eigenvalue weighted by atomic mass is 32.1. The van der Waals surface area contributed by atoms with Gasteiger partial charge in [0, 0.05) is 29.3 Å². The monoisotopic (exact) mass is 267 g/mol. The smallest absolute Gasteiger partial charge is 0.223 e. The fourth-order valence-electron chi connectivity index (χ4n) is 2.45. The Labute approximate surface area is 113 Å². The summed E-state index contributed by atoms with van der Waals surface area (Å²) in [6, 6.07) is 4.17. The second kappa shape index (κ2) is 6.34. The molecule has 18 heavy (non-hydrogen) atoms. The predicted octanol–water partition coefficient (Wildman–Crippen LogP) is 3.05. The molecule has 0 aromatic carbocycles. The molecule has 2 rings (SSSR count). The summed E-state index contributed by atoms with van der Waals surface area (Å²) in [6.07, 6.45) is 4.45. The molecule has 1 aromatic heterocycles. The fourth-order valence-corrected chi connectivity index (χ4v) is 3.41. The average Bonchev–Trinajstić information content (AvgIpc) is 3.01. The van der Waals surface area contributed by atoms with Crippen molar-refractivity contribution >= 4 is 17.2 Å². The summed E-state index contributed by atoms with van der Waals surface area (Å²) >= 11 is 1.73. The Hall–Kier alpha value is -0.870. The summed E-state index contributed by atoms with van der Waals surface area (Å²) in [7, 11) is 1.70. The number of nitrogens with one attached hydrogen (secondary N) is 1. The highest BCUT2D eigenvalue weighted by Gasteiger charge is 2.23. The van der Waals surface area contributed by atoms with Crippen LogP contribution in [0, 0.1) is 12.8 Å². The summed E-state index contributed by atoms with van der Waals surface area (Å²) in [4.78, 5) is 14.4. The van der Waals surface area contributed by atoms with Crippen LogP contribution in [0.15, 0.2) is 12.1 Å². The van der Waals surface area contributed by atoms with Gasteiger partial charge < -0.3 is 10.1 Å². The van der Waals surface area contributed by atoms with Crippen molar-refractivity contribution in [2.75, 3.05) is 13.7 Å². The maximum Gasteiger partial charge on any atom is 0.223 e. The number of methoxy groups -OCH3 is 1. The van der Waals surface area contributed by atoms with Crippen molar-refractivity contribution in [3.8, 4) is 0 Å². The molecule has 1 atom stereocenters. The Morgan fingerprint density at radius 1 is 1.50 bits per heavy atom. The van der Waals surface area contributed by atoms with Crippen LogP contribution in [0.5, 0.6) is 0 Å². The molecule has 1 aliphatic rings. The quantitative estimate of drug-likeness (QED) is 0.890. The van der Waals surface area contributed by atoms with E-state index in [1.54, 1.807) is 18.4 Å². The Morgan fingerprint density at radius 2 is 2.22 bits per heavy atom. The number of thiophene rings is 1. The molecule has 0 bridgehead atoms. The van der Waals surface area contributed by atoms with Crippen LogP contribution < -0.4 is 5.32 Å². The van der Waals surface area contributed by atoms with Gasteiger partial charge in [0.1, 0.15) is 6.10 Å². The normalized spacial score (nSPS) is 17.9. The zero-order valence-corrected chi connectivity index (χ0v) is 11.9. The molecule has 4 heteroatoms. The lowest BCUT2D eigenvalue weighted by Crippen LogP contribution is -2.33. The lowest BCUT2D eigenvalue weighted by molar-refractivity contribution is -0.125. The van der Waals surface area contributed by atoms with E-state index in [1.807, 2.05) is 0 Å². The van der Waals surface area contributed by atoms with Gasteiger partial charge in [0.2, 0.25) is 5.91 Å². The molecule has 0 saturated heterocycles. The molecular formula is C14H21NO2S. The Kier molecular flexibility index (Phi) is 4.78. The number of carbonyl (C=O) groups is 1. The van der Waals surface area contributed by atoms with Crippen molar-refractivity contribution < 1.29 is 9.53 Å². The van der Waals surface area contributed by atoms with Crippen LogP contribution in [-0.4, -0.2) is 19.6 Å². The molecule has 0 radical (unpaired) electrons. The zero-order chi connectivity index (χ0) is 13.0. The van der Waals surface area contributed by atoms with Gasteiger partial charge in [0.05, 0.1) is 0 Å². The van der Waals surface area contributed by atoms with Crippen LogP contribution in [0.4, 0.5) is 0 Å². The van der Waals surface area contributed by atoms with Crippen molar-refractivity contribution in [1.82, 2.24) is 5.32 Å². The number of ether oxygens (including phenoxy) is 1. The maximum atomic E-state index is 11.9. The van der Waals surface area contributed by atoms with Gasteiger partial charge in [-0.25, -0.2) is 0 Å². The van der Waals surface area contributed by atoms with Gasteiger partial charge in [-0.15, -0.1) is 11.3 Å². The molecule has 1 aliphatic carbocycles. The first-order valence-corrected chi connectivity index (χ1v) is 7.39. The Balaban J connectivity index is 1.85. The Bertz CT molecular complexity index is 396. The molecule has 1 saturated carbocycles. The van der Waals surface area contributed by atoms with Gasteiger partial charge in [-0.2, -0.15) is 0 Å². The second-order valence-electron chi connectivity index (χ2n) is 4.90. The van der Waals surface area contributed by atoms with Crippen LogP contribution in [-0.2, 0) is 9.53 Å². The lowest BCUT2D eigenvalue weighted by Gasteiger charge is -2.16. The van der Waals surface area contributed by atoms with Gasteiger partial charge in [0.15, 0.2) is 0 Å². The van der Waals surface area contributed by atoms with E-state index in [0.717, 1.165) is 12.8 Å². The number of amides is 1. The van der Waals surface area contributed by atoms with E-state index in [4.69, 9.17) is 4.74 Å². The highest BCUT2D eigenvalue weighted by Crippen LogP contribution is 2.26. The minimum Gasteiger partial charge on any atom is -0.374 e. The van der Waals surface area contributed by atoms with E-state index >= 15 is 0 Å². The molecule has 1 N–H and O–H groups in total. The molecule has 0 spiro atoms. The fraction of sp³-hybridized carbons (Fsp3) is 0.643. The van der Waals surface area contributed by atoms with Crippen LogP contribution in [0.1, 0.15) is 41.5 Å². The van der Waals surface area contributed by atoms with Crippen LogP contribution in [0.2, 0.25) is 0 Å². The summed E-state index contributed by atoms with van der Waals surface area (Å²) in [5.74, 6) is 0.426. The van der Waals surface area contributed by atoms with Gasteiger partial charge in [0.25, 0.3) is 0 Å². The first-order chi connectivity index (χ1) is 8.70. The van der Waals surface area contributed by atoms with Gasteiger partial charge >= 0.3 is 0 Å². The first kappa shape index (κ1) is 13.6. The van der Waals surface area contributed by atoms with E-state index in [1.165, 1.54) is 22.6 Å². The van der Waals surface area contributed by atoms with E-state index in [-0.39, 0.29) is 17.9 Å². The number of rotatable bonds is 5. The zero-order valence-electron chi connectivity index (χ0n) is 11.1. The van der Waals surface area contributed by atoms with Crippen LogP contribution in [0.3, 0.4) is 0 Å². The highest BCUT2D eigenvalue weighted by molar-refractivity contribution is 7.12. The predicted molar refractivity (Wildman–Crippen MR) is 73.8 cm³/mol. The van der Waals surface area contributed by atoms with Crippen molar-refractivity contribution in [3.05, 3.63) is 21.9 Å².